The molecule has 0 bridgehead atoms. The van der Waals surface area contributed by atoms with Crippen molar-refractivity contribution in [3.05, 3.63) is 41.0 Å². The maximum absolute atomic E-state index is 5.38. The normalized spacial score (nSPS) is 9.85. The zero-order chi connectivity index (χ0) is 8.93. The van der Waals surface area contributed by atoms with Gasteiger partial charge in [0, 0.05) is 17.1 Å². The molecule has 0 saturated carbocycles. The van der Waals surface area contributed by atoms with Crippen molar-refractivity contribution in [3.8, 4) is 5.88 Å². The van der Waals surface area contributed by atoms with Crippen LogP contribution in [0.5, 0.6) is 5.88 Å². The van der Waals surface area contributed by atoms with Gasteiger partial charge in [-0.05, 0) is 11.4 Å². The fraction of sp³-hybridized carbons (Fsp3) is 0.111. The van der Waals surface area contributed by atoms with Crippen molar-refractivity contribution in [2.24, 2.45) is 0 Å². The van der Waals surface area contributed by atoms with Crippen molar-refractivity contribution < 1.29 is 4.74 Å². The average molecular weight is 191 g/mol. The topological polar surface area (TPSA) is 35.0 Å². The van der Waals surface area contributed by atoms with E-state index in [1.807, 2.05) is 17.5 Å². The first-order chi connectivity index (χ1) is 6.45. The maximum atomic E-state index is 5.38. The molecule has 65 valence electrons. The van der Waals surface area contributed by atoms with Gasteiger partial charge in [-0.15, -0.1) is 11.3 Å². The third-order valence-corrected chi connectivity index (χ3v) is 2.30. The van der Waals surface area contributed by atoms with E-state index >= 15 is 0 Å². The fourth-order valence-corrected chi connectivity index (χ4v) is 1.49. The Hall–Kier alpha value is -1.42. The quantitative estimate of drug-likeness (QED) is 0.743. The molecule has 0 aliphatic carbocycles. The molecular weight excluding hydrogens is 184 g/mol. The monoisotopic (exact) mass is 191 g/mol. The van der Waals surface area contributed by atoms with Crippen LogP contribution in [0.2, 0.25) is 0 Å². The molecule has 0 amide bonds. The molecule has 0 fully saturated rings. The van der Waals surface area contributed by atoms with Gasteiger partial charge >= 0.3 is 0 Å². The predicted molar refractivity (Wildman–Crippen MR) is 49.5 cm³/mol. The molecule has 0 aromatic carbocycles. The molecule has 2 rings (SSSR count). The molecule has 13 heavy (non-hydrogen) atoms. The smallest absolute Gasteiger partial charge is 0.217 e. The predicted octanol–water partition coefficient (Wildman–Crippen LogP) is 1.92. The van der Waals surface area contributed by atoms with Crippen LogP contribution >= 0.6 is 11.3 Å². The molecular formula is C9H7N2OS. The molecule has 0 spiro atoms. The van der Waals surface area contributed by atoms with Gasteiger partial charge in [0.15, 0.2) is 0 Å². The van der Waals surface area contributed by atoms with Crippen molar-refractivity contribution >= 4 is 11.3 Å². The van der Waals surface area contributed by atoms with E-state index in [2.05, 4.69) is 16.3 Å². The van der Waals surface area contributed by atoms with Crippen LogP contribution in [-0.2, 0) is 6.61 Å². The summed E-state index contributed by atoms with van der Waals surface area (Å²) in [7, 11) is 0. The zero-order valence-electron chi connectivity index (χ0n) is 6.80. The van der Waals surface area contributed by atoms with Crippen molar-refractivity contribution in [3.63, 3.8) is 0 Å². The third-order valence-electron chi connectivity index (χ3n) is 1.45. The molecule has 3 nitrogen and oxygen atoms in total. The minimum Gasteiger partial charge on any atom is -0.472 e. The summed E-state index contributed by atoms with van der Waals surface area (Å²) in [6, 6.07) is 5.73. The SMILES string of the molecule is [c]1nccc(OCc2cccs2)n1. The molecule has 0 unspecified atom stereocenters. The molecule has 2 aromatic heterocycles. The van der Waals surface area contributed by atoms with Crippen LogP contribution in [0.4, 0.5) is 0 Å². The second-order valence-corrected chi connectivity index (χ2v) is 3.40. The molecule has 0 atom stereocenters. The summed E-state index contributed by atoms with van der Waals surface area (Å²) < 4.78 is 5.38. The van der Waals surface area contributed by atoms with Crippen LogP contribution in [0.25, 0.3) is 0 Å². The summed E-state index contributed by atoms with van der Waals surface area (Å²) in [6.45, 7) is 0.558. The number of thiophene rings is 1. The van der Waals surface area contributed by atoms with Crippen molar-refractivity contribution in [2.75, 3.05) is 0 Å². The Labute approximate surface area is 80.0 Å². The van der Waals surface area contributed by atoms with Crippen molar-refractivity contribution in [2.45, 2.75) is 6.61 Å². The van der Waals surface area contributed by atoms with Gasteiger partial charge in [0.1, 0.15) is 6.61 Å². The highest BCUT2D eigenvalue weighted by molar-refractivity contribution is 7.09. The van der Waals surface area contributed by atoms with Gasteiger partial charge in [-0.1, -0.05) is 6.07 Å². The lowest BCUT2D eigenvalue weighted by Crippen LogP contribution is -1.94. The van der Waals surface area contributed by atoms with Gasteiger partial charge < -0.3 is 4.74 Å². The van der Waals surface area contributed by atoms with Crippen LogP contribution in [0.1, 0.15) is 4.88 Å². The van der Waals surface area contributed by atoms with Crippen LogP contribution in [-0.4, -0.2) is 9.97 Å². The van der Waals surface area contributed by atoms with Crippen molar-refractivity contribution in [1.29, 1.82) is 0 Å². The Morgan fingerprint density at radius 1 is 1.46 bits per heavy atom. The number of hydrogen-bond donors (Lipinski definition) is 0. The number of hydrogen-bond acceptors (Lipinski definition) is 4. The number of ether oxygens (including phenoxy) is 1. The third kappa shape index (κ3) is 2.26. The zero-order valence-corrected chi connectivity index (χ0v) is 7.62. The minimum absolute atomic E-state index is 0.558. The van der Waals surface area contributed by atoms with E-state index in [-0.39, 0.29) is 0 Å². The Morgan fingerprint density at radius 2 is 2.46 bits per heavy atom. The Bertz CT molecular complexity index is 347. The molecule has 2 heterocycles. The summed E-state index contributed by atoms with van der Waals surface area (Å²) in [5.41, 5.74) is 0. The Balaban J connectivity index is 1.94. The standard InChI is InChI=1S/C9H7N2OS/c1-2-8(13-5-1)6-12-9-3-4-10-7-11-9/h1-5H,6H2. The first-order valence-corrected chi connectivity index (χ1v) is 4.67. The maximum Gasteiger partial charge on any atom is 0.217 e. The molecule has 1 radical (unpaired) electrons. The highest BCUT2D eigenvalue weighted by Crippen LogP contribution is 2.11. The van der Waals surface area contributed by atoms with Crippen molar-refractivity contribution in [1.82, 2.24) is 9.97 Å². The summed E-state index contributed by atoms with van der Waals surface area (Å²) in [6.07, 6.45) is 4.08. The van der Waals surface area contributed by atoms with E-state index in [0.717, 1.165) is 0 Å². The molecule has 0 aliphatic rings. The van der Waals surface area contributed by atoms with E-state index in [9.17, 15) is 0 Å². The van der Waals surface area contributed by atoms with Gasteiger partial charge in [0.2, 0.25) is 12.2 Å². The highest BCUT2D eigenvalue weighted by atomic mass is 32.1. The lowest BCUT2D eigenvalue weighted by atomic mass is 10.5. The van der Waals surface area contributed by atoms with Gasteiger partial charge in [0.25, 0.3) is 0 Å². The molecule has 0 saturated heterocycles. The average Bonchev–Trinajstić information content (AvgIpc) is 2.69. The van der Waals surface area contributed by atoms with Gasteiger partial charge in [-0.25, -0.2) is 4.98 Å². The van der Waals surface area contributed by atoms with Crippen LogP contribution in [0, 0.1) is 6.33 Å². The van der Waals surface area contributed by atoms with E-state index < -0.39 is 0 Å². The summed E-state index contributed by atoms with van der Waals surface area (Å²) >= 11 is 1.66. The molecule has 0 aliphatic heterocycles. The van der Waals surface area contributed by atoms with E-state index in [0.29, 0.717) is 12.5 Å². The van der Waals surface area contributed by atoms with Crippen LogP contribution in [0.3, 0.4) is 0 Å². The molecule has 0 N–H and O–H groups in total. The first kappa shape index (κ1) is 8.19. The number of rotatable bonds is 3. The van der Waals surface area contributed by atoms with Crippen LogP contribution in [0.15, 0.2) is 29.8 Å². The molecule has 4 heteroatoms. The van der Waals surface area contributed by atoms with E-state index in [1.165, 1.54) is 4.88 Å². The minimum atomic E-state index is 0.558. The van der Waals surface area contributed by atoms with Gasteiger partial charge in [-0.3, -0.25) is 0 Å². The van der Waals surface area contributed by atoms with Gasteiger partial charge in [0.05, 0.1) is 0 Å². The second-order valence-electron chi connectivity index (χ2n) is 2.36. The largest absolute Gasteiger partial charge is 0.472 e. The number of aromatic nitrogens is 2. The van der Waals surface area contributed by atoms with Gasteiger partial charge in [-0.2, -0.15) is 4.98 Å². The lowest BCUT2D eigenvalue weighted by Gasteiger charge is -2.00. The lowest BCUT2D eigenvalue weighted by molar-refractivity contribution is 0.296. The summed E-state index contributed by atoms with van der Waals surface area (Å²) in [5.74, 6) is 0.559. The Morgan fingerprint density at radius 3 is 3.15 bits per heavy atom. The fourth-order valence-electron chi connectivity index (χ4n) is 0.870. The second kappa shape index (κ2) is 4.00. The van der Waals surface area contributed by atoms with E-state index in [4.69, 9.17) is 4.74 Å². The Kier molecular flexibility index (Phi) is 2.52. The first-order valence-electron chi connectivity index (χ1n) is 3.79. The summed E-state index contributed by atoms with van der Waals surface area (Å²) in [4.78, 5) is 8.68. The highest BCUT2D eigenvalue weighted by Gasteiger charge is 1.96. The summed E-state index contributed by atoms with van der Waals surface area (Å²) in [5, 5.41) is 2.02. The number of nitrogens with zero attached hydrogens (tertiary/aromatic N) is 2. The van der Waals surface area contributed by atoms with E-state index in [1.54, 1.807) is 23.6 Å². The van der Waals surface area contributed by atoms with Crippen LogP contribution < -0.4 is 4.74 Å². The molecule has 2 aromatic rings.